The largest absolute Gasteiger partial charge is 0.457 e. The minimum absolute atomic E-state index is 0.186. The van der Waals surface area contributed by atoms with E-state index in [0.29, 0.717) is 26.2 Å². The molecule has 168 valence electrons. The zero-order chi connectivity index (χ0) is 23.7. The van der Waals surface area contributed by atoms with Crippen molar-refractivity contribution in [1.29, 1.82) is 0 Å². The van der Waals surface area contributed by atoms with Gasteiger partial charge in [-0.15, -0.1) is 0 Å². The van der Waals surface area contributed by atoms with Crippen LogP contribution in [0.2, 0.25) is 15.1 Å². The molecule has 34 heavy (non-hydrogen) atoms. The Balaban J connectivity index is 1.62. The number of hydrogen-bond donors (Lipinski definition) is 0. The molecule has 4 aromatic carbocycles. The molecule has 0 aliphatic rings. The molecule has 0 saturated carbocycles. The van der Waals surface area contributed by atoms with Crippen molar-refractivity contribution in [2.24, 2.45) is 0 Å². The lowest BCUT2D eigenvalue weighted by Gasteiger charge is -2.17. The van der Waals surface area contributed by atoms with Gasteiger partial charge < -0.3 is 9.30 Å². The zero-order valence-electron chi connectivity index (χ0n) is 17.8. The summed E-state index contributed by atoms with van der Waals surface area (Å²) in [4.78, 5) is 13.6. The molecule has 0 spiro atoms. The molecule has 5 aromatic rings. The molecule has 0 aliphatic heterocycles. The second kappa shape index (κ2) is 9.55. The number of nitrogens with zero attached hydrogens (tertiary/aromatic N) is 1. The third-order valence-corrected chi connectivity index (χ3v) is 6.46. The highest BCUT2D eigenvalue weighted by molar-refractivity contribution is 6.35. The van der Waals surface area contributed by atoms with Gasteiger partial charge in [-0.1, -0.05) is 71.2 Å². The lowest BCUT2D eigenvalue weighted by atomic mass is 10.1. The van der Waals surface area contributed by atoms with Gasteiger partial charge in [-0.2, -0.15) is 0 Å². The molecular formula is C28H18Cl3NO2. The Morgan fingerprint density at radius 1 is 0.706 bits per heavy atom. The smallest absolute Gasteiger partial charge is 0.260 e. The van der Waals surface area contributed by atoms with E-state index >= 15 is 0 Å². The average molecular weight is 507 g/mol. The maximum atomic E-state index is 13.6. The highest BCUT2D eigenvalue weighted by Gasteiger charge is 2.15. The van der Waals surface area contributed by atoms with Crippen LogP contribution in [0.1, 0.15) is 5.56 Å². The molecule has 5 rings (SSSR count). The molecule has 0 atom stereocenters. The number of fused-ring (bicyclic) bond motifs is 1. The monoisotopic (exact) mass is 505 g/mol. The number of hydrogen-bond acceptors (Lipinski definition) is 2. The lowest BCUT2D eigenvalue weighted by molar-refractivity contribution is 0.483. The van der Waals surface area contributed by atoms with Crippen LogP contribution in [0.4, 0.5) is 0 Å². The summed E-state index contributed by atoms with van der Waals surface area (Å²) in [5.41, 5.74) is 2.21. The second-order valence-electron chi connectivity index (χ2n) is 7.80. The van der Waals surface area contributed by atoms with E-state index in [4.69, 9.17) is 39.5 Å². The quantitative estimate of drug-likeness (QED) is 0.239. The summed E-state index contributed by atoms with van der Waals surface area (Å²) in [6, 6.07) is 29.9. The van der Waals surface area contributed by atoms with Gasteiger partial charge in [-0.3, -0.25) is 4.79 Å². The lowest BCUT2D eigenvalue weighted by Crippen LogP contribution is -2.23. The van der Waals surface area contributed by atoms with E-state index in [1.165, 1.54) is 0 Å². The summed E-state index contributed by atoms with van der Waals surface area (Å²) >= 11 is 18.9. The van der Waals surface area contributed by atoms with E-state index in [1.54, 1.807) is 22.8 Å². The van der Waals surface area contributed by atoms with E-state index in [1.807, 2.05) is 78.9 Å². The van der Waals surface area contributed by atoms with Crippen molar-refractivity contribution in [3.8, 4) is 22.8 Å². The van der Waals surface area contributed by atoms with E-state index in [9.17, 15) is 4.79 Å². The molecule has 0 bridgehead atoms. The Morgan fingerprint density at radius 3 is 2.18 bits per heavy atom. The van der Waals surface area contributed by atoms with Crippen LogP contribution < -0.4 is 10.3 Å². The van der Waals surface area contributed by atoms with Crippen LogP contribution in [0.25, 0.3) is 22.0 Å². The first kappa shape index (κ1) is 22.5. The predicted octanol–water partition coefficient (Wildman–Crippen LogP) is 8.47. The average Bonchev–Trinajstić information content (AvgIpc) is 2.83. The number of rotatable bonds is 5. The molecule has 6 heteroatoms. The number of ether oxygens (including phenoxy) is 1. The summed E-state index contributed by atoms with van der Waals surface area (Å²) in [6.45, 7) is 0.271. The van der Waals surface area contributed by atoms with E-state index in [2.05, 4.69) is 0 Å². The summed E-state index contributed by atoms with van der Waals surface area (Å²) in [5, 5.41) is 2.70. The van der Waals surface area contributed by atoms with Gasteiger partial charge >= 0.3 is 0 Å². The molecule has 0 unspecified atom stereocenters. The Kier molecular flexibility index (Phi) is 6.34. The second-order valence-corrected chi connectivity index (χ2v) is 9.05. The molecule has 1 heterocycles. The van der Waals surface area contributed by atoms with Gasteiger partial charge in [0, 0.05) is 10.0 Å². The Morgan fingerprint density at radius 2 is 1.44 bits per heavy atom. The summed E-state index contributed by atoms with van der Waals surface area (Å²) < 4.78 is 7.61. The Bertz CT molecular complexity index is 1540. The fourth-order valence-corrected chi connectivity index (χ4v) is 4.62. The van der Waals surface area contributed by atoms with Crippen molar-refractivity contribution in [1.82, 2.24) is 4.57 Å². The Hall–Kier alpha value is -3.24. The van der Waals surface area contributed by atoms with Crippen molar-refractivity contribution in [3.05, 3.63) is 128 Å². The standard InChI is InChI=1S/C28H18Cl3NO2/c29-21-12-9-20(25(31)16-21)17-32-26(15-19-5-4-8-24(30)27(19)28(32)33)18-10-13-23(14-11-18)34-22-6-2-1-3-7-22/h1-16H,17H2. The van der Waals surface area contributed by atoms with Gasteiger partial charge in [-0.05, 0) is 77.2 Å². The molecule has 3 nitrogen and oxygen atoms in total. The first-order valence-corrected chi connectivity index (χ1v) is 11.7. The van der Waals surface area contributed by atoms with Gasteiger partial charge in [0.15, 0.2) is 0 Å². The minimum atomic E-state index is -0.186. The van der Waals surface area contributed by atoms with Crippen LogP contribution in [0.3, 0.4) is 0 Å². The summed E-state index contributed by atoms with van der Waals surface area (Å²) in [6.07, 6.45) is 0. The number of pyridine rings is 1. The van der Waals surface area contributed by atoms with Gasteiger partial charge in [0.05, 0.1) is 22.6 Å². The van der Waals surface area contributed by atoms with Gasteiger partial charge in [-0.25, -0.2) is 0 Å². The van der Waals surface area contributed by atoms with Crippen LogP contribution in [-0.2, 0) is 6.54 Å². The van der Waals surface area contributed by atoms with Crippen molar-refractivity contribution >= 4 is 45.6 Å². The van der Waals surface area contributed by atoms with Gasteiger partial charge in [0.2, 0.25) is 0 Å². The molecule has 1 aromatic heterocycles. The minimum Gasteiger partial charge on any atom is -0.457 e. The molecule has 0 amide bonds. The van der Waals surface area contributed by atoms with Crippen LogP contribution in [0.5, 0.6) is 11.5 Å². The molecule has 0 aliphatic carbocycles. The molecule has 0 fully saturated rings. The number of para-hydroxylation sites is 1. The number of benzene rings is 4. The van der Waals surface area contributed by atoms with Crippen LogP contribution >= 0.6 is 34.8 Å². The van der Waals surface area contributed by atoms with E-state index in [0.717, 1.165) is 28.0 Å². The highest BCUT2D eigenvalue weighted by Crippen LogP contribution is 2.30. The van der Waals surface area contributed by atoms with Crippen LogP contribution in [0.15, 0.2) is 102 Å². The third kappa shape index (κ3) is 4.55. The normalized spacial score (nSPS) is 11.0. The number of aromatic nitrogens is 1. The zero-order valence-corrected chi connectivity index (χ0v) is 20.1. The van der Waals surface area contributed by atoms with Gasteiger partial charge in [0.1, 0.15) is 11.5 Å². The maximum absolute atomic E-state index is 13.6. The maximum Gasteiger partial charge on any atom is 0.260 e. The first-order chi connectivity index (χ1) is 16.5. The highest BCUT2D eigenvalue weighted by atomic mass is 35.5. The number of halogens is 3. The van der Waals surface area contributed by atoms with Crippen molar-refractivity contribution < 1.29 is 4.74 Å². The molecule has 0 radical (unpaired) electrons. The predicted molar refractivity (Wildman–Crippen MR) is 141 cm³/mol. The topological polar surface area (TPSA) is 31.2 Å². The molecular weight excluding hydrogens is 489 g/mol. The van der Waals surface area contributed by atoms with Gasteiger partial charge in [0.25, 0.3) is 5.56 Å². The molecule has 0 N–H and O–H groups in total. The van der Waals surface area contributed by atoms with Crippen LogP contribution in [0, 0.1) is 0 Å². The first-order valence-electron chi connectivity index (χ1n) is 10.6. The van der Waals surface area contributed by atoms with E-state index < -0.39 is 0 Å². The Labute approximate surface area is 211 Å². The summed E-state index contributed by atoms with van der Waals surface area (Å²) in [7, 11) is 0. The fourth-order valence-electron chi connectivity index (χ4n) is 3.89. The third-order valence-electron chi connectivity index (χ3n) is 5.56. The van der Waals surface area contributed by atoms with E-state index in [-0.39, 0.29) is 12.1 Å². The summed E-state index contributed by atoms with van der Waals surface area (Å²) in [5.74, 6) is 1.46. The van der Waals surface area contributed by atoms with Crippen molar-refractivity contribution in [3.63, 3.8) is 0 Å². The SMILES string of the molecule is O=c1c2c(Cl)cccc2cc(-c2ccc(Oc3ccccc3)cc2)n1Cc1ccc(Cl)cc1Cl. The van der Waals surface area contributed by atoms with Crippen molar-refractivity contribution in [2.45, 2.75) is 6.54 Å². The van der Waals surface area contributed by atoms with Crippen LogP contribution in [-0.4, -0.2) is 4.57 Å². The fraction of sp³-hybridized carbons (Fsp3) is 0.0357. The van der Waals surface area contributed by atoms with Crippen molar-refractivity contribution in [2.75, 3.05) is 0 Å². The molecule has 0 saturated heterocycles.